The third kappa shape index (κ3) is 3.57. The van der Waals surface area contributed by atoms with Gasteiger partial charge in [0.1, 0.15) is 0 Å². The molecule has 0 bridgehead atoms. The van der Waals surface area contributed by atoms with Crippen molar-refractivity contribution in [1.82, 2.24) is 4.98 Å². The molecule has 0 fully saturated rings. The number of anilines is 1. The van der Waals surface area contributed by atoms with E-state index < -0.39 is 0 Å². The fourth-order valence-electron chi connectivity index (χ4n) is 1.42. The number of rotatable bonds is 3. The topological polar surface area (TPSA) is 42.0 Å². The molecule has 17 heavy (non-hydrogen) atoms. The standard InChI is InChI=1S/C13H11ClN2O/c14-11-1-3-12(4-2-11)16-13(17)9-10-5-7-15-8-6-10/h1-8H,9H2,(H,16,17). The minimum absolute atomic E-state index is 0.0569. The van der Waals surface area contributed by atoms with Crippen LogP contribution in [0.4, 0.5) is 5.69 Å². The number of hydrogen-bond acceptors (Lipinski definition) is 2. The van der Waals surface area contributed by atoms with Gasteiger partial charge in [-0.05, 0) is 42.0 Å². The first-order chi connectivity index (χ1) is 8.24. The molecule has 0 saturated heterocycles. The first-order valence-corrected chi connectivity index (χ1v) is 5.56. The molecule has 0 saturated carbocycles. The van der Waals surface area contributed by atoms with Gasteiger partial charge in [-0.3, -0.25) is 9.78 Å². The van der Waals surface area contributed by atoms with Gasteiger partial charge in [0, 0.05) is 23.1 Å². The molecule has 0 aliphatic rings. The van der Waals surface area contributed by atoms with E-state index >= 15 is 0 Å². The second kappa shape index (κ2) is 5.46. The average Bonchev–Trinajstić information content (AvgIpc) is 2.33. The smallest absolute Gasteiger partial charge is 0.228 e. The van der Waals surface area contributed by atoms with Gasteiger partial charge in [0.05, 0.1) is 6.42 Å². The van der Waals surface area contributed by atoms with Crippen molar-refractivity contribution < 1.29 is 4.79 Å². The molecule has 2 aromatic rings. The summed E-state index contributed by atoms with van der Waals surface area (Å²) in [5, 5.41) is 3.45. The Morgan fingerprint density at radius 2 is 1.76 bits per heavy atom. The van der Waals surface area contributed by atoms with E-state index in [2.05, 4.69) is 10.3 Å². The Morgan fingerprint density at radius 1 is 1.12 bits per heavy atom. The van der Waals surface area contributed by atoms with Gasteiger partial charge >= 0.3 is 0 Å². The lowest BCUT2D eigenvalue weighted by molar-refractivity contribution is -0.115. The van der Waals surface area contributed by atoms with Crippen molar-refractivity contribution in [1.29, 1.82) is 0 Å². The van der Waals surface area contributed by atoms with Gasteiger partial charge in [-0.15, -0.1) is 0 Å². The van der Waals surface area contributed by atoms with Crippen LogP contribution >= 0.6 is 11.6 Å². The Morgan fingerprint density at radius 3 is 2.41 bits per heavy atom. The van der Waals surface area contributed by atoms with Crippen molar-refractivity contribution in [3.8, 4) is 0 Å². The Balaban J connectivity index is 1.96. The highest BCUT2D eigenvalue weighted by Gasteiger charge is 2.03. The molecule has 2 rings (SSSR count). The maximum Gasteiger partial charge on any atom is 0.228 e. The summed E-state index contributed by atoms with van der Waals surface area (Å²) in [5.41, 5.74) is 1.68. The fraction of sp³-hybridized carbons (Fsp3) is 0.0769. The van der Waals surface area contributed by atoms with Gasteiger partial charge < -0.3 is 5.32 Å². The SMILES string of the molecule is O=C(Cc1ccncc1)Nc1ccc(Cl)cc1. The number of carbonyl (C=O) groups is 1. The van der Waals surface area contributed by atoms with Crippen LogP contribution in [0.15, 0.2) is 48.8 Å². The van der Waals surface area contributed by atoms with E-state index in [4.69, 9.17) is 11.6 Å². The highest BCUT2D eigenvalue weighted by Crippen LogP contribution is 2.13. The number of pyridine rings is 1. The average molecular weight is 247 g/mol. The maximum atomic E-state index is 11.7. The highest BCUT2D eigenvalue weighted by atomic mass is 35.5. The second-order valence-corrected chi connectivity index (χ2v) is 4.02. The molecule has 0 unspecified atom stereocenters. The first-order valence-electron chi connectivity index (χ1n) is 5.18. The van der Waals surface area contributed by atoms with Crippen LogP contribution in [0.3, 0.4) is 0 Å². The van der Waals surface area contributed by atoms with Crippen molar-refractivity contribution in [2.45, 2.75) is 6.42 Å². The van der Waals surface area contributed by atoms with E-state index in [0.717, 1.165) is 11.3 Å². The Bertz CT molecular complexity index is 497. The molecule has 1 heterocycles. The third-order valence-corrected chi connectivity index (χ3v) is 2.49. The molecule has 86 valence electrons. The quantitative estimate of drug-likeness (QED) is 0.905. The van der Waals surface area contributed by atoms with Crippen molar-refractivity contribution >= 4 is 23.2 Å². The Labute approximate surface area is 104 Å². The number of hydrogen-bond donors (Lipinski definition) is 1. The molecule has 4 heteroatoms. The molecule has 3 nitrogen and oxygen atoms in total. The van der Waals surface area contributed by atoms with E-state index in [-0.39, 0.29) is 5.91 Å². The molecule has 1 aromatic carbocycles. The van der Waals surface area contributed by atoms with E-state index in [1.165, 1.54) is 0 Å². The first kappa shape index (κ1) is 11.6. The summed E-state index contributed by atoms with van der Waals surface area (Å²) in [6, 6.07) is 10.7. The maximum absolute atomic E-state index is 11.7. The number of benzene rings is 1. The second-order valence-electron chi connectivity index (χ2n) is 3.59. The van der Waals surface area contributed by atoms with Crippen LogP contribution in [0.2, 0.25) is 5.02 Å². The molecule has 0 spiro atoms. The van der Waals surface area contributed by atoms with E-state index in [1.54, 1.807) is 36.7 Å². The lowest BCUT2D eigenvalue weighted by atomic mass is 10.2. The van der Waals surface area contributed by atoms with Gasteiger partial charge in [-0.25, -0.2) is 0 Å². The zero-order chi connectivity index (χ0) is 12.1. The number of nitrogens with one attached hydrogen (secondary N) is 1. The predicted molar refractivity (Wildman–Crippen MR) is 68.0 cm³/mol. The van der Waals surface area contributed by atoms with Gasteiger partial charge in [-0.1, -0.05) is 11.6 Å². The van der Waals surface area contributed by atoms with Gasteiger partial charge in [0.15, 0.2) is 0 Å². The summed E-state index contributed by atoms with van der Waals surface area (Å²) in [4.78, 5) is 15.6. The number of amides is 1. The molecule has 0 aliphatic heterocycles. The van der Waals surface area contributed by atoms with Crippen LogP contribution in [0, 0.1) is 0 Å². The molecule has 0 radical (unpaired) electrons. The van der Waals surface area contributed by atoms with Crippen LogP contribution in [0.25, 0.3) is 0 Å². The molecule has 1 N–H and O–H groups in total. The van der Waals surface area contributed by atoms with Crippen LogP contribution in [0.5, 0.6) is 0 Å². The normalized spacial score (nSPS) is 9.94. The lowest BCUT2D eigenvalue weighted by Gasteiger charge is -2.05. The Hall–Kier alpha value is -1.87. The molecule has 0 atom stereocenters. The summed E-state index contributed by atoms with van der Waals surface area (Å²) in [7, 11) is 0. The molecule has 1 amide bonds. The highest BCUT2D eigenvalue weighted by molar-refractivity contribution is 6.30. The van der Waals surface area contributed by atoms with Crippen LogP contribution in [-0.2, 0) is 11.2 Å². The van der Waals surface area contributed by atoms with E-state index in [0.29, 0.717) is 11.4 Å². The van der Waals surface area contributed by atoms with Crippen LogP contribution < -0.4 is 5.32 Å². The monoisotopic (exact) mass is 246 g/mol. The van der Waals surface area contributed by atoms with Gasteiger partial charge in [0.25, 0.3) is 0 Å². The van der Waals surface area contributed by atoms with Crippen molar-refractivity contribution in [2.24, 2.45) is 0 Å². The van der Waals surface area contributed by atoms with Gasteiger partial charge in [0.2, 0.25) is 5.91 Å². The third-order valence-electron chi connectivity index (χ3n) is 2.24. The van der Waals surface area contributed by atoms with Gasteiger partial charge in [-0.2, -0.15) is 0 Å². The Kier molecular flexibility index (Phi) is 3.73. The zero-order valence-electron chi connectivity index (χ0n) is 9.06. The minimum atomic E-state index is -0.0569. The molecular weight excluding hydrogens is 236 g/mol. The molecule has 0 aliphatic carbocycles. The predicted octanol–water partition coefficient (Wildman–Crippen LogP) is 2.92. The van der Waals surface area contributed by atoms with Crippen LogP contribution in [0.1, 0.15) is 5.56 Å². The van der Waals surface area contributed by atoms with Crippen molar-refractivity contribution in [3.63, 3.8) is 0 Å². The number of aromatic nitrogens is 1. The van der Waals surface area contributed by atoms with E-state index in [1.807, 2.05) is 12.1 Å². The number of carbonyl (C=O) groups excluding carboxylic acids is 1. The summed E-state index contributed by atoms with van der Waals surface area (Å²) >= 11 is 5.76. The summed E-state index contributed by atoms with van der Waals surface area (Å²) in [6.07, 6.45) is 3.68. The van der Waals surface area contributed by atoms with E-state index in [9.17, 15) is 4.79 Å². The minimum Gasteiger partial charge on any atom is -0.326 e. The molecular formula is C13H11ClN2O. The van der Waals surface area contributed by atoms with Crippen LogP contribution in [-0.4, -0.2) is 10.9 Å². The summed E-state index contributed by atoms with van der Waals surface area (Å²) < 4.78 is 0. The summed E-state index contributed by atoms with van der Waals surface area (Å²) in [5.74, 6) is -0.0569. The zero-order valence-corrected chi connectivity index (χ0v) is 9.82. The largest absolute Gasteiger partial charge is 0.326 e. The summed E-state index contributed by atoms with van der Waals surface area (Å²) in [6.45, 7) is 0. The number of nitrogens with zero attached hydrogens (tertiary/aromatic N) is 1. The van der Waals surface area contributed by atoms with Crippen molar-refractivity contribution in [2.75, 3.05) is 5.32 Å². The van der Waals surface area contributed by atoms with Crippen molar-refractivity contribution in [3.05, 3.63) is 59.4 Å². The fourth-order valence-corrected chi connectivity index (χ4v) is 1.55. The lowest BCUT2D eigenvalue weighted by Crippen LogP contribution is -2.14. The number of halogens is 1. The molecule has 1 aromatic heterocycles.